The van der Waals surface area contributed by atoms with E-state index in [0.29, 0.717) is 5.69 Å². The van der Waals surface area contributed by atoms with Crippen LogP contribution >= 0.6 is 0 Å². The molecule has 100 valence electrons. The maximum atomic E-state index is 11.2. The van der Waals surface area contributed by atoms with Crippen molar-refractivity contribution >= 4 is 17.4 Å². The Labute approximate surface area is 113 Å². The van der Waals surface area contributed by atoms with Crippen LogP contribution in [0.1, 0.15) is 49.9 Å². The molecule has 0 bridgehead atoms. The highest BCUT2D eigenvalue weighted by Gasteiger charge is 2.15. The Hall–Kier alpha value is -1.90. The lowest BCUT2D eigenvalue weighted by molar-refractivity contribution is 0.0698. The molecule has 3 heteroatoms. The Morgan fingerprint density at radius 3 is 2.74 bits per heavy atom. The van der Waals surface area contributed by atoms with E-state index in [1.807, 2.05) is 6.07 Å². The summed E-state index contributed by atoms with van der Waals surface area (Å²) in [7, 11) is 0. The van der Waals surface area contributed by atoms with Gasteiger partial charge in [-0.25, -0.2) is 4.79 Å². The lowest BCUT2D eigenvalue weighted by Gasteiger charge is -2.19. The van der Waals surface area contributed by atoms with E-state index in [1.54, 1.807) is 18.2 Å². The average molecular weight is 257 g/mol. The molecule has 0 aliphatic heterocycles. The highest BCUT2D eigenvalue weighted by atomic mass is 16.4. The molecule has 0 atom stereocenters. The number of allylic oxidation sites excluding steroid dienone is 2. The Kier molecular flexibility index (Phi) is 4.15. The van der Waals surface area contributed by atoms with Gasteiger partial charge < -0.3 is 5.11 Å². The number of carboxylic acid groups (broad SMARTS) is 1. The molecule has 2 rings (SSSR count). The van der Waals surface area contributed by atoms with Crippen LogP contribution < -0.4 is 0 Å². The molecule has 0 fully saturated rings. The number of carboxylic acids is 1. The van der Waals surface area contributed by atoms with Gasteiger partial charge in [-0.1, -0.05) is 24.6 Å². The third kappa shape index (κ3) is 2.92. The normalized spacial score (nSPS) is 17.9. The van der Waals surface area contributed by atoms with Crippen molar-refractivity contribution in [1.82, 2.24) is 0 Å². The molecule has 0 spiro atoms. The minimum absolute atomic E-state index is 0.270. The molecule has 19 heavy (non-hydrogen) atoms. The lowest BCUT2D eigenvalue weighted by Crippen LogP contribution is -2.09. The smallest absolute Gasteiger partial charge is 0.337 e. The quantitative estimate of drug-likeness (QED) is 0.874. The van der Waals surface area contributed by atoms with Crippen molar-refractivity contribution in [3.63, 3.8) is 0 Å². The van der Waals surface area contributed by atoms with Crippen molar-refractivity contribution in [2.45, 2.75) is 39.5 Å². The van der Waals surface area contributed by atoms with E-state index >= 15 is 0 Å². The predicted molar refractivity (Wildman–Crippen MR) is 77.3 cm³/mol. The molecular formula is C16H19NO2. The molecule has 0 saturated heterocycles. The van der Waals surface area contributed by atoms with Gasteiger partial charge in [-0.2, -0.15) is 0 Å². The molecule has 1 aliphatic rings. The topological polar surface area (TPSA) is 49.7 Å². The fraction of sp³-hybridized carbons (Fsp3) is 0.375. The van der Waals surface area contributed by atoms with Crippen LogP contribution in [0.5, 0.6) is 0 Å². The highest BCUT2D eigenvalue weighted by molar-refractivity contribution is 6.04. The summed E-state index contributed by atoms with van der Waals surface area (Å²) in [4.78, 5) is 15.8. The molecule has 1 N–H and O–H groups in total. The van der Waals surface area contributed by atoms with Crippen molar-refractivity contribution in [3.8, 4) is 0 Å². The first-order chi connectivity index (χ1) is 9.13. The van der Waals surface area contributed by atoms with Crippen LogP contribution in [0.2, 0.25) is 0 Å². The van der Waals surface area contributed by atoms with Crippen LogP contribution in [-0.2, 0) is 0 Å². The maximum absolute atomic E-state index is 11.2. The Morgan fingerprint density at radius 1 is 1.32 bits per heavy atom. The van der Waals surface area contributed by atoms with Crippen LogP contribution in [0.25, 0.3) is 0 Å². The van der Waals surface area contributed by atoms with Gasteiger partial charge in [0.2, 0.25) is 0 Å². The second-order valence-electron chi connectivity index (χ2n) is 4.82. The fourth-order valence-corrected chi connectivity index (χ4v) is 2.53. The molecule has 0 heterocycles. The summed E-state index contributed by atoms with van der Waals surface area (Å²) in [5.74, 6) is -0.923. The maximum Gasteiger partial charge on any atom is 0.337 e. The largest absolute Gasteiger partial charge is 0.478 e. The SMILES string of the molecule is CCC1=C(C)C(=Nc2ccccc2C(=O)O)CCC1. The van der Waals surface area contributed by atoms with Gasteiger partial charge in [-0.15, -0.1) is 0 Å². The summed E-state index contributed by atoms with van der Waals surface area (Å²) in [6.45, 7) is 4.26. The minimum atomic E-state index is -0.923. The fourth-order valence-electron chi connectivity index (χ4n) is 2.53. The Morgan fingerprint density at radius 2 is 2.05 bits per heavy atom. The lowest BCUT2D eigenvalue weighted by atomic mass is 9.89. The number of benzene rings is 1. The Balaban J connectivity index is 2.44. The molecule has 1 aromatic rings. The zero-order chi connectivity index (χ0) is 13.8. The van der Waals surface area contributed by atoms with Crippen molar-refractivity contribution < 1.29 is 9.90 Å². The highest BCUT2D eigenvalue weighted by Crippen LogP contribution is 2.28. The summed E-state index contributed by atoms with van der Waals surface area (Å²) >= 11 is 0. The van der Waals surface area contributed by atoms with Crippen LogP contribution in [0.4, 0.5) is 5.69 Å². The summed E-state index contributed by atoms with van der Waals surface area (Å²) < 4.78 is 0. The van der Waals surface area contributed by atoms with Crippen molar-refractivity contribution in [2.24, 2.45) is 4.99 Å². The molecule has 1 aliphatic carbocycles. The molecule has 3 nitrogen and oxygen atoms in total. The van der Waals surface area contributed by atoms with E-state index in [1.165, 1.54) is 11.1 Å². The Bertz CT molecular complexity index is 556. The number of carbonyl (C=O) groups is 1. The van der Waals surface area contributed by atoms with Crippen molar-refractivity contribution in [3.05, 3.63) is 41.0 Å². The summed E-state index contributed by atoms with van der Waals surface area (Å²) in [5, 5.41) is 9.18. The number of rotatable bonds is 3. The molecule has 0 aromatic heterocycles. The third-order valence-corrected chi connectivity index (χ3v) is 3.67. The molecule has 0 radical (unpaired) electrons. The summed E-state index contributed by atoms with van der Waals surface area (Å²) in [6.07, 6.45) is 4.23. The van der Waals surface area contributed by atoms with Gasteiger partial charge in [0.15, 0.2) is 0 Å². The van der Waals surface area contributed by atoms with Crippen LogP contribution in [0.3, 0.4) is 0 Å². The van der Waals surface area contributed by atoms with Crippen LogP contribution in [0, 0.1) is 0 Å². The molecular weight excluding hydrogens is 238 g/mol. The van der Waals surface area contributed by atoms with Crippen LogP contribution in [-0.4, -0.2) is 16.8 Å². The zero-order valence-corrected chi connectivity index (χ0v) is 11.4. The van der Waals surface area contributed by atoms with Gasteiger partial charge in [-0.3, -0.25) is 4.99 Å². The number of hydrogen-bond donors (Lipinski definition) is 1. The first-order valence-electron chi connectivity index (χ1n) is 6.72. The average Bonchev–Trinajstić information content (AvgIpc) is 2.41. The number of para-hydroxylation sites is 1. The van der Waals surface area contributed by atoms with Crippen molar-refractivity contribution in [2.75, 3.05) is 0 Å². The second-order valence-corrected chi connectivity index (χ2v) is 4.82. The van der Waals surface area contributed by atoms with Crippen molar-refractivity contribution in [1.29, 1.82) is 0 Å². The zero-order valence-electron chi connectivity index (χ0n) is 11.4. The third-order valence-electron chi connectivity index (χ3n) is 3.67. The van der Waals surface area contributed by atoms with Crippen LogP contribution in [0.15, 0.2) is 40.4 Å². The number of hydrogen-bond acceptors (Lipinski definition) is 2. The molecule has 0 amide bonds. The standard InChI is InChI=1S/C16H19NO2/c1-3-12-7-6-10-14(11(12)2)17-15-9-5-4-8-13(15)16(18)19/h4-5,8-9H,3,6-7,10H2,1-2H3,(H,18,19). The first-order valence-corrected chi connectivity index (χ1v) is 6.72. The van der Waals surface area contributed by atoms with E-state index in [-0.39, 0.29) is 5.56 Å². The molecule has 1 aromatic carbocycles. The van der Waals surface area contributed by atoms with E-state index in [0.717, 1.165) is 31.4 Å². The number of aliphatic imine (C=N–C) groups is 1. The summed E-state index contributed by atoms with van der Waals surface area (Å²) in [5.41, 5.74) is 4.55. The van der Waals surface area contributed by atoms with E-state index < -0.39 is 5.97 Å². The first kappa shape index (κ1) is 13.5. The number of aromatic carboxylic acids is 1. The van der Waals surface area contributed by atoms with Gasteiger partial charge >= 0.3 is 5.97 Å². The van der Waals surface area contributed by atoms with Gasteiger partial charge in [0.1, 0.15) is 0 Å². The van der Waals surface area contributed by atoms with Gasteiger partial charge in [-0.05, 0) is 50.3 Å². The minimum Gasteiger partial charge on any atom is -0.478 e. The van der Waals surface area contributed by atoms with E-state index in [9.17, 15) is 9.90 Å². The van der Waals surface area contributed by atoms with E-state index in [2.05, 4.69) is 18.8 Å². The van der Waals surface area contributed by atoms with Gasteiger partial charge in [0.25, 0.3) is 0 Å². The van der Waals surface area contributed by atoms with Gasteiger partial charge in [0, 0.05) is 5.71 Å². The number of nitrogens with zero attached hydrogens (tertiary/aromatic N) is 1. The molecule has 0 saturated carbocycles. The molecule has 0 unspecified atom stereocenters. The second kappa shape index (κ2) is 5.83. The summed E-state index contributed by atoms with van der Waals surface area (Å²) in [6, 6.07) is 6.93. The monoisotopic (exact) mass is 257 g/mol. The van der Waals surface area contributed by atoms with Gasteiger partial charge in [0.05, 0.1) is 11.3 Å². The predicted octanol–water partition coefficient (Wildman–Crippen LogP) is 4.37. The van der Waals surface area contributed by atoms with E-state index in [4.69, 9.17) is 0 Å².